The fraction of sp³-hybridized carbons (Fsp3) is 0.391. The first-order valence-electron chi connectivity index (χ1n) is 10.7. The average Bonchev–Trinajstić information content (AvgIpc) is 2.80. The minimum atomic E-state index is -3.59. The third-order valence-electron chi connectivity index (χ3n) is 5.77. The van der Waals surface area contributed by atoms with Gasteiger partial charge >= 0.3 is 0 Å². The lowest BCUT2D eigenvalue weighted by atomic mass is 10.1. The van der Waals surface area contributed by atoms with E-state index in [-0.39, 0.29) is 23.1 Å². The van der Waals surface area contributed by atoms with Crippen molar-refractivity contribution in [2.75, 3.05) is 45.6 Å². The number of nitrogens with zero attached hydrogens (tertiary/aromatic N) is 3. The van der Waals surface area contributed by atoms with Crippen molar-refractivity contribution in [2.45, 2.75) is 24.3 Å². The quantitative estimate of drug-likeness (QED) is 0.640. The summed E-state index contributed by atoms with van der Waals surface area (Å²) in [6.45, 7) is 3.99. The van der Waals surface area contributed by atoms with Gasteiger partial charge in [-0.3, -0.25) is 14.5 Å². The lowest BCUT2D eigenvalue weighted by Gasteiger charge is -2.37. The van der Waals surface area contributed by atoms with Crippen molar-refractivity contribution >= 4 is 39.1 Å². The first-order chi connectivity index (χ1) is 15.6. The fourth-order valence-electron chi connectivity index (χ4n) is 3.63. The van der Waals surface area contributed by atoms with Gasteiger partial charge in [0.25, 0.3) is 0 Å². The number of nitrogens with one attached hydrogen (secondary N) is 1. The molecule has 1 saturated heterocycles. The van der Waals surface area contributed by atoms with Gasteiger partial charge < -0.3 is 10.2 Å². The maximum absolute atomic E-state index is 12.8. The molecule has 0 aromatic heterocycles. The summed E-state index contributed by atoms with van der Waals surface area (Å²) in [6, 6.07) is 13.1. The molecule has 0 radical (unpaired) electrons. The highest BCUT2D eigenvalue weighted by Gasteiger charge is 2.28. The number of carbonyl (C=O) groups excluding carboxylic acids is 2. The molecular weight excluding hydrogens is 464 g/mol. The summed E-state index contributed by atoms with van der Waals surface area (Å²) in [4.78, 5) is 29.4. The third kappa shape index (κ3) is 6.11. The zero-order valence-electron chi connectivity index (χ0n) is 19.0. The molecule has 1 aliphatic rings. The highest BCUT2D eigenvalue weighted by molar-refractivity contribution is 7.89. The van der Waals surface area contributed by atoms with E-state index in [2.05, 4.69) is 5.32 Å². The summed E-state index contributed by atoms with van der Waals surface area (Å²) in [5.41, 5.74) is 1.22. The number of rotatable bonds is 7. The van der Waals surface area contributed by atoms with E-state index < -0.39 is 16.1 Å². The Kier molecular flexibility index (Phi) is 8.12. The van der Waals surface area contributed by atoms with Crippen molar-refractivity contribution in [2.24, 2.45) is 0 Å². The number of carbonyl (C=O) groups is 2. The van der Waals surface area contributed by atoms with Crippen LogP contribution in [0.4, 0.5) is 5.69 Å². The Hall–Kier alpha value is -2.46. The van der Waals surface area contributed by atoms with Gasteiger partial charge in [-0.25, -0.2) is 12.7 Å². The maximum Gasteiger partial charge on any atom is 0.242 e. The number of benzene rings is 2. The molecule has 2 amide bonds. The molecule has 1 aliphatic heterocycles. The van der Waals surface area contributed by atoms with Crippen LogP contribution in [0.2, 0.25) is 5.02 Å². The Labute approximate surface area is 200 Å². The van der Waals surface area contributed by atoms with E-state index in [4.69, 9.17) is 11.6 Å². The second-order valence-corrected chi connectivity index (χ2v) is 10.7. The molecule has 8 nitrogen and oxygen atoms in total. The third-order valence-corrected chi connectivity index (χ3v) is 7.95. The molecule has 2 aromatic carbocycles. The first-order valence-corrected chi connectivity index (χ1v) is 12.5. The van der Waals surface area contributed by atoms with Crippen LogP contribution in [0.1, 0.15) is 12.5 Å². The summed E-state index contributed by atoms with van der Waals surface area (Å²) in [6.07, 6.45) is 0.252. The molecular formula is C23H29ClN4O4S. The highest BCUT2D eigenvalue weighted by Crippen LogP contribution is 2.20. The Morgan fingerprint density at radius 3 is 2.36 bits per heavy atom. The normalized spacial score (nSPS) is 16.0. The van der Waals surface area contributed by atoms with Crippen LogP contribution in [0, 0.1) is 0 Å². The molecule has 33 heavy (non-hydrogen) atoms. The Balaban J connectivity index is 1.55. The number of hydrogen-bond donors (Lipinski definition) is 1. The molecule has 2 aromatic rings. The molecule has 0 aliphatic carbocycles. The fourth-order valence-corrected chi connectivity index (χ4v) is 4.78. The molecule has 10 heteroatoms. The molecule has 1 unspecified atom stereocenters. The first kappa shape index (κ1) is 25.2. The predicted molar refractivity (Wildman–Crippen MR) is 129 cm³/mol. The second kappa shape index (κ2) is 10.6. The van der Waals surface area contributed by atoms with Crippen molar-refractivity contribution in [3.63, 3.8) is 0 Å². The molecule has 0 spiro atoms. The topological polar surface area (TPSA) is 90.0 Å². The van der Waals surface area contributed by atoms with Crippen LogP contribution in [0.15, 0.2) is 53.4 Å². The van der Waals surface area contributed by atoms with Crippen LogP contribution in [0.25, 0.3) is 0 Å². The maximum atomic E-state index is 12.8. The number of sulfonamides is 1. The van der Waals surface area contributed by atoms with Crippen LogP contribution >= 0.6 is 11.6 Å². The van der Waals surface area contributed by atoms with Gasteiger partial charge in [0.15, 0.2) is 0 Å². The van der Waals surface area contributed by atoms with Crippen molar-refractivity contribution in [3.8, 4) is 0 Å². The van der Waals surface area contributed by atoms with E-state index in [0.29, 0.717) is 36.9 Å². The highest BCUT2D eigenvalue weighted by atomic mass is 35.5. The Morgan fingerprint density at radius 1 is 1.06 bits per heavy atom. The largest absolute Gasteiger partial charge is 0.340 e. The van der Waals surface area contributed by atoms with E-state index in [1.807, 2.05) is 23.1 Å². The number of halogens is 1. The van der Waals surface area contributed by atoms with Crippen molar-refractivity contribution in [3.05, 3.63) is 59.1 Å². The smallest absolute Gasteiger partial charge is 0.242 e. The van der Waals surface area contributed by atoms with Gasteiger partial charge in [0.1, 0.15) is 0 Å². The van der Waals surface area contributed by atoms with Gasteiger partial charge in [0.2, 0.25) is 21.8 Å². The van der Waals surface area contributed by atoms with Gasteiger partial charge in [-0.15, -0.1) is 0 Å². The van der Waals surface area contributed by atoms with Crippen molar-refractivity contribution in [1.82, 2.24) is 14.1 Å². The van der Waals surface area contributed by atoms with E-state index >= 15 is 0 Å². The van der Waals surface area contributed by atoms with E-state index in [1.165, 1.54) is 26.2 Å². The van der Waals surface area contributed by atoms with Crippen LogP contribution in [0.5, 0.6) is 0 Å². The number of piperazine rings is 1. The van der Waals surface area contributed by atoms with E-state index in [9.17, 15) is 18.0 Å². The summed E-state index contributed by atoms with van der Waals surface area (Å²) < 4.78 is 25.8. The molecule has 0 saturated carbocycles. The van der Waals surface area contributed by atoms with Crippen LogP contribution in [0.3, 0.4) is 0 Å². The average molecular weight is 493 g/mol. The molecule has 1 heterocycles. The van der Waals surface area contributed by atoms with Gasteiger partial charge in [-0.2, -0.15) is 0 Å². The van der Waals surface area contributed by atoms with Crippen LogP contribution < -0.4 is 5.32 Å². The van der Waals surface area contributed by atoms with Crippen molar-refractivity contribution < 1.29 is 18.0 Å². The lowest BCUT2D eigenvalue weighted by molar-refractivity contribution is -0.133. The summed E-state index contributed by atoms with van der Waals surface area (Å²) in [5, 5.41) is 3.39. The monoisotopic (exact) mass is 492 g/mol. The number of amides is 2. The van der Waals surface area contributed by atoms with Crippen LogP contribution in [-0.2, 0) is 26.0 Å². The zero-order valence-corrected chi connectivity index (χ0v) is 20.6. The van der Waals surface area contributed by atoms with Gasteiger partial charge in [0, 0.05) is 51.0 Å². The Bertz CT molecular complexity index is 1110. The molecule has 178 valence electrons. The number of hydrogen-bond acceptors (Lipinski definition) is 5. The lowest BCUT2D eigenvalue weighted by Crippen LogP contribution is -2.54. The summed E-state index contributed by atoms with van der Waals surface area (Å²) in [5.74, 6) is -0.219. The Morgan fingerprint density at radius 2 is 1.73 bits per heavy atom. The van der Waals surface area contributed by atoms with Crippen LogP contribution in [-0.4, -0.2) is 80.7 Å². The minimum Gasteiger partial charge on any atom is -0.340 e. The van der Waals surface area contributed by atoms with Crippen molar-refractivity contribution in [1.29, 1.82) is 0 Å². The molecule has 1 fully saturated rings. The van der Waals surface area contributed by atoms with Gasteiger partial charge in [-0.1, -0.05) is 35.9 Å². The van der Waals surface area contributed by atoms with E-state index in [0.717, 1.165) is 9.87 Å². The molecule has 1 atom stereocenters. The molecule has 0 bridgehead atoms. The van der Waals surface area contributed by atoms with Gasteiger partial charge in [0.05, 0.1) is 17.4 Å². The molecule has 1 N–H and O–H groups in total. The zero-order chi connectivity index (χ0) is 24.2. The standard InChI is InChI=1S/C23H29ClN4O4S/c1-17(23(30)25-19-8-6-9-20(16-19)33(31,32)26(2)3)27-11-13-28(14-12-27)22(29)15-18-7-4-5-10-21(18)24/h4-10,16-17H,11-15H2,1-3H3,(H,25,30). The second-order valence-electron chi connectivity index (χ2n) is 8.17. The SMILES string of the molecule is CC(C(=O)Nc1cccc(S(=O)(=O)N(C)C)c1)N1CCN(C(=O)Cc2ccccc2Cl)CC1. The minimum absolute atomic E-state index is 0.0128. The molecule has 3 rings (SSSR count). The van der Waals surface area contributed by atoms with E-state index in [1.54, 1.807) is 30.0 Å². The van der Waals surface area contributed by atoms with Gasteiger partial charge in [-0.05, 0) is 36.8 Å². The summed E-state index contributed by atoms with van der Waals surface area (Å²) >= 11 is 6.16. The predicted octanol–water partition coefficient (Wildman–Crippen LogP) is 2.30. The number of anilines is 1. The summed E-state index contributed by atoms with van der Waals surface area (Å²) in [7, 11) is -0.670.